The Bertz CT molecular complexity index is 619. The lowest BCUT2D eigenvalue weighted by Gasteiger charge is -2.21. The first-order valence-electron chi connectivity index (χ1n) is 6.12. The largest absolute Gasteiger partial charge is 0.497 e. The minimum absolute atomic E-state index is 0.144. The predicted octanol–water partition coefficient (Wildman–Crippen LogP) is 3.97. The molecular weight excluding hydrogens is 340 g/mol. The van der Waals surface area contributed by atoms with Gasteiger partial charge >= 0.3 is 0 Å². The number of rotatable bonds is 4. The van der Waals surface area contributed by atoms with Crippen molar-refractivity contribution in [3.63, 3.8) is 0 Å². The molecule has 0 aliphatic rings. The topological polar surface area (TPSA) is 47.3 Å². The van der Waals surface area contributed by atoms with Crippen molar-refractivity contribution in [2.45, 2.75) is 13.0 Å². The van der Waals surface area contributed by atoms with Crippen molar-refractivity contribution in [1.29, 1.82) is 0 Å². The third kappa shape index (κ3) is 3.15. The van der Waals surface area contributed by atoms with Crippen molar-refractivity contribution < 1.29 is 4.74 Å². The molecule has 20 heavy (non-hydrogen) atoms. The van der Waals surface area contributed by atoms with Gasteiger partial charge in [0.25, 0.3) is 0 Å². The highest BCUT2D eigenvalue weighted by molar-refractivity contribution is 9.10. The van der Waals surface area contributed by atoms with Gasteiger partial charge in [0.2, 0.25) is 0 Å². The predicted molar refractivity (Wildman–Crippen MR) is 86.0 cm³/mol. The van der Waals surface area contributed by atoms with Crippen molar-refractivity contribution >= 4 is 27.5 Å². The zero-order valence-corrected chi connectivity index (χ0v) is 13.6. The van der Waals surface area contributed by atoms with E-state index in [1.807, 2.05) is 43.3 Å². The van der Waals surface area contributed by atoms with Crippen LogP contribution in [0.15, 0.2) is 40.9 Å². The van der Waals surface area contributed by atoms with Crippen LogP contribution in [-0.2, 0) is 0 Å². The molecule has 0 aromatic heterocycles. The first kappa shape index (κ1) is 15.3. The molecule has 0 aliphatic heterocycles. The molecule has 0 bridgehead atoms. The fourth-order valence-corrected chi connectivity index (χ4v) is 2.84. The van der Waals surface area contributed by atoms with Crippen LogP contribution in [0, 0.1) is 6.92 Å². The van der Waals surface area contributed by atoms with Crippen molar-refractivity contribution in [3.05, 3.63) is 62.6 Å². The van der Waals surface area contributed by atoms with Gasteiger partial charge in [0.15, 0.2) is 0 Å². The van der Waals surface area contributed by atoms with Crippen LogP contribution in [0.5, 0.6) is 5.75 Å². The summed E-state index contributed by atoms with van der Waals surface area (Å²) >= 11 is 9.63. The summed E-state index contributed by atoms with van der Waals surface area (Å²) in [5.74, 6) is 6.58. The Morgan fingerprint density at radius 2 is 1.95 bits per heavy atom. The summed E-state index contributed by atoms with van der Waals surface area (Å²) in [6, 6.07) is 11.4. The van der Waals surface area contributed by atoms with Crippen LogP contribution in [0.25, 0.3) is 0 Å². The summed E-state index contributed by atoms with van der Waals surface area (Å²) < 4.78 is 6.19. The molecule has 0 spiro atoms. The number of methoxy groups -OCH3 is 1. The van der Waals surface area contributed by atoms with Crippen LogP contribution in [-0.4, -0.2) is 7.11 Å². The normalized spacial score (nSPS) is 12.2. The second-order valence-electron chi connectivity index (χ2n) is 4.49. The summed E-state index contributed by atoms with van der Waals surface area (Å²) in [5.41, 5.74) is 6.02. The number of halogens is 2. The number of aryl methyl sites for hydroxylation is 1. The third-order valence-electron chi connectivity index (χ3n) is 3.22. The number of hydrogen-bond donors (Lipinski definition) is 2. The molecule has 2 aromatic rings. The Kier molecular flexibility index (Phi) is 5.05. The third-order valence-corrected chi connectivity index (χ3v) is 4.18. The maximum atomic E-state index is 6.08. The minimum atomic E-state index is -0.144. The highest BCUT2D eigenvalue weighted by atomic mass is 79.9. The molecule has 0 fully saturated rings. The maximum absolute atomic E-state index is 6.08. The average Bonchev–Trinajstić information content (AvgIpc) is 2.44. The summed E-state index contributed by atoms with van der Waals surface area (Å²) in [4.78, 5) is 0. The first-order chi connectivity index (χ1) is 9.56. The summed E-state index contributed by atoms with van der Waals surface area (Å²) in [6.45, 7) is 2.03. The molecule has 106 valence electrons. The quantitative estimate of drug-likeness (QED) is 0.644. The molecule has 2 aromatic carbocycles. The highest BCUT2D eigenvalue weighted by Gasteiger charge is 2.18. The van der Waals surface area contributed by atoms with E-state index in [2.05, 4.69) is 21.4 Å². The van der Waals surface area contributed by atoms with E-state index in [1.54, 1.807) is 7.11 Å². The molecular formula is C15H16BrClN2O. The fraction of sp³-hybridized carbons (Fsp3) is 0.200. The molecule has 0 aliphatic carbocycles. The summed E-state index contributed by atoms with van der Waals surface area (Å²) in [5, 5.41) is 0.676. The van der Waals surface area contributed by atoms with Crippen LogP contribution in [0.3, 0.4) is 0 Å². The first-order valence-corrected chi connectivity index (χ1v) is 7.29. The molecule has 3 nitrogen and oxygen atoms in total. The molecule has 0 radical (unpaired) electrons. The monoisotopic (exact) mass is 354 g/mol. The van der Waals surface area contributed by atoms with E-state index in [4.69, 9.17) is 22.2 Å². The Balaban J connectivity index is 2.49. The molecule has 2 rings (SSSR count). The number of nitrogens with two attached hydrogens (primary N) is 1. The van der Waals surface area contributed by atoms with Gasteiger partial charge in [-0.2, -0.15) is 0 Å². The number of hydrogen-bond acceptors (Lipinski definition) is 3. The number of nitrogens with one attached hydrogen (secondary N) is 1. The molecule has 0 saturated heterocycles. The van der Waals surface area contributed by atoms with Crippen LogP contribution < -0.4 is 16.0 Å². The molecule has 5 heteroatoms. The SMILES string of the molecule is COc1ccc(C(NN)c2cc(Cl)ccc2Br)c(C)c1. The molecule has 0 saturated carbocycles. The second-order valence-corrected chi connectivity index (χ2v) is 5.78. The lowest BCUT2D eigenvalue weighted by atomic mass is 9.95. The van der Waals surface area contributed by atoms with Crippen molar-refractivity contribution in [2.24, 2.45) is 5.84 Å². The van der Waals surface area contributed by atoms with Crippen LogP contribution in [0.1, 0.15) is 22.7 Å². The zero-order chi connectivity index (χ0) is 14.7. The smallest absolute Gasteiger partial charge is 0.119 e. The van der Waals surface area contributed by atoms with Gasteiger partial charge < -0.3 is 4.74 Å². The van der Waals surface area contributed by atoms with E-state index in [-0.39, 0.29) is 6.04 Å². The van der Waals surface area contributed by atoms with Gasteiger partial charge in [0.1, 0.15) is 5.75 Å². The number of ether oxygens (including phenoxy) is 1. The lowest BCUT2D eigenvalue weighted by Crippen LogP contribution is -2.29. The van der Waals surface area contributed by atoms with E-state index in [0.717, 1.165) is 26.9 Å². The van der Waals surface area contributed by atoms with Gasteiger partial charge in [0, 0.05) is 9.50 Å². The zero-order valence-electron chi connectivity index (χ0n) is 11.3. The Morgan fingerprint density at radius 1 is 1.20 bits per heavy atom. The fourth-order valence-electron chi connectivity index (χ4n) is 2.18. The van der Waals surface area contributed by atoms with E-state index in [0.29, 0.717) is 5.02 Å². The molecule has 0 amide bonds. The van der Waals surface area contributed by atoms with Gasteiger partial charge in [-0.1, -0.05) is 33.6 Å². The number of hydrazine groups is 1. The Hall–Kier alpha value is -1.07. The standard InChI is InChI=1S/C15H16BrClN2O/c1-9-7-11(20-2)4-5-12(9)15(19-18)13-8-10(17)3-6-14(13)16/h3-8,15,19H,18H2,1-2H3. The molecule has 1 atom stereocenters. The summed E-state index contributed by atoms with van der Waals surface area (Å²) in [6.07, 6.45) is 0. The number of benzene rings is 2. The van der Waals surface area contributed by atoms with Crippen LogP contribution in [0.4, 0.5) is 0 Å². The van der Waals surface area contributed by atoms with Gasteiger partial charge in [0.05, 0.1) is 13.2 Å². The second kappa shape index (κ2) is 6.59. The van der Waals surface area contributed by atoms with Crippen molar-refractivity contribution in [3.8, 4) is 5.75 Å². The van der Waals surface area contributed by atoms with Crippen molar-refractivity contribution in [2.75, 3.05) is 7.11 Å². The Morgan fingerprint density at radius 3 is 2.55 bits per heavy atom. The summed E-state index contributed by atoms with van der Waals surface area (Å²) in [7, 11) is 1.65. The average molecular weight is 356 g/mol. The van der Waals surface area contributed by atoms with Crippen LogP contribution in [0.2, 0.25) is 5.02 Å². The Labute approximate surface area is 132 Å². The van der Waals surface area contributed by atoms with Gasteiger partial charge in [-0.15, -0.1) is 0 Å². The molecule has 0 heterocycles. The van der Waals surface area contributed by atoms with Gasteiger partial charge in [-0.25, -0.2) is 5.43 Å². The minimum Gasteiger partial charge on any atom is -0.497 e. The maximum Gasteiger partial charge on any atom is 0.119 e. The highest BCUT2D eigenvalue weighted by Crippen LogP contribution is 2.33. The molecule has 3 N–H and O–H groups in total. The van der Waals surface area contributed by atoms with E-state index < -0.39 is 0 Å². The van der Waals surface area contributed by atoms with Crippen LogP contribution >= 0.6 is 27.5 Å². The van der Waals surface area contributed by atoms with E-state index >= 15 is 0 Å². The van der Waals surface area contributed by atoms with E-state index in [9.17, 15) is 0 Å². The van der Waals surface area contributed by atoms with Gasteiger partial charge in [-0.3, -0.25) is 5.84 Å². The van der Waals surface area contributed by atoms with E-state index in [1.165, 1.54) is 0 Å². The lowest BCUT2D eigenvalue weighted by molar-refractivity contribution is 0.414. The molecule has 1 unspecified atom stereocenters. The van der Waals surface area contributed by atoms with Gasteiger partial charge in [-0.05, 0) is 53.9 Å². The van der Waals surface area contributed by atoms with Crippen molar-refractivity contribution in [1.82, 2.24) is 5.43 Å².